The van der Waals surface area contributed by atoms with Crippen molar-refractivity contribution >= 4 is 17.7 Å². The molecule has 5 nitrogen and oxygen atoms in total. The number of esters is 1. The zero-order valence-electron chi connectivity index (χ0n) is 14.2. The molecule has 1 aliphatic rings. The lowest BCUT2D eigenvalue weighted by Crippen LogP contribution is -2.16. The Balaban J connectivity index is 1.97. The maximum Gasteiger partial charge on any atom is 0.316 e. The van der Waals surface area contributed by atoms with Gasteiger partial charge < -0.3 is 4.74 Å². The molecule has 0 amide bonds. The van der Waals surface area contributed by atoms with E-state index >= 15 is 0 Å². The molecule has 1 aromatic heterocycles. The highest BCUT2D eigenvalue weighted by Gasteiger charge is 2.24. The average molecular weight is 345 g/mol. The maximum atomic E-state index is 11.5. The number of methoxy groups -OCH3 is 1. The number of carbonyl (C=O) groups excluding carboxylic acids is 1. The van der Waals surface area contributed by atoms with E-state index in [1.807, 2.05) is 12.1 Å². The number of aromatic nitrogens is 3. The monoisotopic (exact) mass is 345 g/mol. The second kappa shape index (κ2) is 7.83. The van der Waals surface area contributed by atoms with Crippen molar-refractivity contribution in [2.24, 2.45) is 0 Å². The minimum Gasteiger partial charge on any atom is -0.468 e. The van der Waals surface area contributed by atoms with Crippen LogP contribution in [0.15, 0.2) is 29.4 Å². The summed E-state index contributed by atoms with van der Waals surface area (Å²) >= 11 is 1.41. The molecule has 0 spiro atoms. The van der Waals surface area contributed by atoms with Crippen molar-refractivity contribution in [2.75, 3.05) is 12.9 Å². The number of hydrogen-bond donors (Lipinski definition) is 0. The molecule has 0 N–H and O–H groups in total. The standard InChI is InChI=1S/C18H23N3O2S/c1-13-8-6-7-11-15(13)17-19-20-18(24-12-16(22)23-2)21(17)14-9-4-3-5-10-14/h6-8,11,14H,3-5,9-10,12H2,1-2H3. The van der Waals surface area contributed by atoms with Gasteiger partial charge in [0.2, 0.25) is 0 Å². The van der Waals surface area contributed by atoms with Crippen LogP contribution in [-0.2, 0) is 9.53 Å². The van der Waals surface area contributed by atoms with Crippen molar-refractivity contribution in [2.45, 2.75) is 50.2 Å². The van der Waals surface area contributed by atoms with Crippen LogP contribution in [0.4, 0.5) is 0 Å². The Kier molecular flexibility index (Phi) is 5.56. The van der Waals surface area contributed by atoms with Crippen molar-refractivity contribution < 1.29 is 9.53 Å². The van der Waals surface area contributed by atoms with Crippen LogP contribution in [0.5, 0.6) is 0 Å². The van der Waals surface area contributed by atoms with E-state index in [9.17, 15) is 4.79 Å². The predicted molar refractivity (Wildman–Crippen MR) is 95.1 cm³/mol. The Hall–Kier alpha value is -1.82. The summed E-state index contributed by atoms with van der Waals surface area (Å²) in [7, 11) is 1.41. The molecular formula is C18H23N3O2S. The van der Waals surface area contributed by atoms with Crippen molar-refractivity contribution in [3.8, 4) is 11.4 Å². The van der Waals surface area contributed by atoms with E-state index in [-0.39, 0.29) is 11.7 Å². The maximum absolute atomic E-state index is 11.5. The molecule has 1 aliphatic carbocycles. The molecule has 128 valence electrons. The summed E-state index contributed by atoms with van der Waals surface area (Å²) in [5.41, 5.74) is 2.30. The first-order chi connectivity index (χ1) is 11.7. The summed E-state index contributed by atoms with van der Waals surface area (Å²) in [6.07, 6.45) is 6.04. The highest BCUT2D eigenvalue weighted by atomic mass is 32.2. The van der Waals surface area contributed by atoms with E-state index in [1.54, 1.807) is 0 Å². The van der Waals surface area contributed by atoms with Crippen LogP contribution in [-0.4, -0.2) is 33.6 Å². The fraction of sp³-hybridized carbons (Fsp3) is 0.500. The number of nitrogens with zero attached hydrogens (tertiary/aromatic N) is 3. The minimum atomic E-state index is -0.240. The molecule has 24 heavy (non-hydrogen) atoms. The van der Waals surface area contributed by atoms with E-state index in [0.29, 0.717) is 6.04 Å². The first-order valence-corrected chi connectivity index (χ1v) is 9.39. The number of carbonyl (C=O) groups is 1. The lowest BCUT2D eigenvalue weighted by atomic mass is 9.95. The summed E-state index contributed by atoms with van der Waals surface area (Å²) in [5.74, 6) is 0.928. The fourth-order valence-electron chi connectivity index (χ4n) is 3.23. The van der Waals surface area contributed by atoms with E-state index in [4.69, 9.17) is 4.74 Å². The van der Waals surface area contributed by atoms with Gasteiger partial charge in [-0.3, -0.25) is 9.36 Å². The Morgan fingerprint density at radius 2 is 2.00 bits per heavy atom. The van der Waals surface area contributed by atoms with Crippen molar-refractivity contribution in [3.63, 3.8) is 0 Å². The largest absolute Gasteiger partial charge is 0.468 e. The third-order valence-electron chi connectivity index (χ3n) is 4.54. The molecule has 0 saturated heterocycles. The van der Waals surface area contributed by atoms with Gasteiger partial charge in [-0.05, 0) is 25.3 Å². The van der Waals surface area contributed by atoms with Crippen LogP contribution in [0.25, 0.3) is 11.4 Å². The van der Waals surface area contributed by atoms with Crippen LogP contribution in [0.2, 0.25) is 0 Å². The van der Waals surface area contributed by atoms with Gasteiger partial charge in [-0.2, -0.15) is 0 Å². The second-order valence-corrected chi connectivity index (χ2v) is 7.09. The van der Waals surface area contributed by atoms with Crippen LogP contribution in [0.3, 0.4) is 0 Å². The van der Waals surface area contributed by atoms with Gasteiger partial charge in [0, 0.05) is 11.6 Å². The van der Waals surface area contributed by atoms with Crippen LogP contribution in [0, 0.1) is 6.92 Å². The molecule has 0 radical (unpaired) electrons. The van der Waals surface area contributed by atoms with Gasteiger partial charge in [0.25, 0.3) is 0 Å². The van der Waals surface area contributed by atoms with E-state index in [0.717, 1.165) is 29.4 Å². The summed E-state index contributed by atoms with van der Waals surface area (Å²) in [6, 6.07) is 8.66. The number of benzene rings is 1. The SMILES string of the molecule is COC(=O)CSc1nnc(-c2ccccc2C)n1C1CCCCC1. The minimum absolute atomic E-state index is 0.240. The summed E-state index contributed by atoms with van der Waals surface area (Å²) in [4.78, 5) is 11.5. The highest BCUT2D eigenvalue weighted by Crippen LogP contribution is 2.36. The zero-order chi connectivity index (χ0) is 16.9. The molecule has 0 atom stereocenters. The molecule has 1 saturated carbocycles. The fourth-order valence-corrected chi connectivity index (χ4v) is 4.07. The first-order valence-electron chi connectivity index (χ1n) is 8.41. The number of thioether (sulfide) groups is 1. The zero-order valence-corrected chi connectivity index (χ0v) is 15.0. The lowest BCUT2D eigenvalue weighted by Gasteiger charge is -2.25. The lowest BCUT2D eigenvalue weighted by molar-refractivity contribution is -0.137. The third-order valence-corrected chi connectivity index (χ3v) is 5.45. The van der Waals surface area contributed by atoms with Crippen molar-refractivity contribution in [1.29, 1.82) is 0 Å². The van der Waals surface area contributed by atoms with Crippen LogP contribution < -0.4 is 0 Å². The van der Waals surface area contributed by atoms with Crippen LogP contribution in [0.1, 0.15) is 43.7 Å². The average Bonchev–Trinajstić information content (AvgIpc) is 3.04. The number of aryl methyl sites for hydroxylation is 1. The van der Waals surface area contributed by atoms with Crippen LogP contribution >= 0.6 is 11.8 Å². The molecule has 0 bridgehead atoms. The van der Waals surface area contributed by atoms with Crippen molar-refractivity contribution in [3.05, 3.63) is 29.8 Å². The molecular weight excluding hydrogens is 322 g/mol. The Labute approximate surface area is 146 Å². The van der Waals surface area contributed by atoms with E-state index in [1.165, 1.54) is 43.7 Å². The van der Waals surface area contributed by atoms with Gasteiger partial charge in [0.05, 0.1) is 12.9 Å². The van der Waals surface area contributed by atoms with E-state index in [2.05, 4.69) is 33.8 Å². The number of hydrogen-bond acceptors (Lipinski definition) is 5. The number of rotatable bonds is 5. The Bertz CT molecular complexity index is 708. The molecule has 1 aromatic carbocycles. The van der Waals surface area contributed by atoms with Gasteiger partial charge in [0.15, 0.2) is 11.0 Å². The summed E-state index contributed by atoms with van der Waals surface area (Å²) in [6.45, 7) is 2.09. The predicted octanol–water partition coefficient (Wildman–Crippen LogP) is 4.02. The van der Waals surface area contributed by atoms with Crippen molar-refractivity contribution in [1.82, 2.24) is 14.8 Å². The topological polar surface area (TPSA) is 57.0 Å². The molecule has 3 rings (SSSR count). The summed E-state index contributed by atoms with van der Waals surface area (Å²) < 4.78 is 7.00. The Morgan fingerprint density at radius 1 is 1.25 bits per heavy atom. The van der Waals surface area contributed by atoms with Gasteiger partial charge >= 0.3 is 5.97 Å². The molecule has 0 aliphatic heterocycles. The third kappa shape index (κ3) is 3.64. The quantitative estimate of drug-likeness (QED) is 0.605. The van der Waals surface area contributed by atoms with Gasteiger partial charge in [-0.1, -0.05) is 55.3 Å². The second-order valence-electron chi connectivity index (χ2n) is 6.15. The highest BCUT2D eigenvalue weighted by molar-refractivity contribution is 7.99. The first kappa shape index (κ1) is 17.0. The van der Waals surface area contributed by atoms with E-state index < -0.39 is 0 Å². The molecule has 1 fully saturated rings. The molecule has 6 heteroatoms. The molecule has 0 unspecified atom stereocenters. The normalized spacial score (nSPS) is 15.4. The molecule has 2 aromatic rings. The Morgan fingerprint density at radius 3 is 2.71 bits per heavy atom. The summed E-state index contributed by atoms with van der Waals surface area (Å²) in [5, 5.41) is 9.66. The van der Waals surface area contributed by atoms with Gasteiger partial charge in [-0.25, -0.2) is 0 Å². The molecule has 1 heterocycles. The number of ether oxygens (including phenoxy) is 1. The van der Waals surface area contributed by atoms with Gasteiger partial charge in [-0.15, -0.1) is 10.2 Å². The smallest absolute Gasteiger partial charge is 0.316 e. The van der Waals surface area contributed by atoms with Gasteiger partial charge in [0.1, 0.15) is 0 Å².